The molecule has 0 amide bonds. The molecule has 2 aromatic carbocycles. The second-order valence-corrected chi connectivity index (χ2v) is 6.13. The summed E-state index contributed by atoms with van der Waals surface area (Å²) in [4.78, 5) is 10.1. The third-order valence-corrected chi connectivity index (χ3v) is 4.37. The Bertz CT molecular complexity index is 1140. The summed E-state index contributed by atoms with van der Waals surface area (Å²) in [6.07, 6.45) is 1.40. The zero-order valence-corrected chi connectivity index (χ0v) is 14.7. The van der Waals surface area contributed by atoms with E-state index in [0.29, 0.717) is 34.6 Å². The molecule has 0 atom stereocenters. The van der Waals surface area contributed by atoms with Gasteiger partial charge >= 0.3 is 0 Å². The van der Waals surface area contributed by atoms with Gasteiger partial charge in [0.15, 0.2) is 11.4 Å². The van der Waals surface area contributed by atoms with Crippen LogP contribution in [0.25, 0.3) is 22.2 Å². The van der Waals surface area contributed by atoms with Crippen molar-refractivity contribution in [1.29, 1.82) is 5.26 Å². The van der Waals surface area contributed by atoms with Crippen LogP contribution in [-0.2, 0) is 6.54 Å². The number of aromatic nitrogens is 4. The number of aromatic amines is 1. The van der Waals surface area contributed by atoms with E-state index in [9.17, 15) is 5.26 Å². The number of hydrogen-bond donors (Lipinski definition) is 1. The van der Waals surface area contributed by atoms with Crippen LogP contribution in [0.15, 0.2) is 41.1 Å². The Balaban J connectivity index is 1.88. The first-order valence-electron chi connectivity index (χ1n) is 8.23. The first kappa shape index (κ1) is 16.7. The number of benzene rings is 2. The summed E-state index contributed by atoms with van der Waals surface area (Å²) in [7, 11) is 1.74. The monoisotopic (exact) mass is 362 g/mol. The number of nitriles is 1. The zero-order valence-electron chi connectivity index (χ0n) is 14.7. The van der Waals surface area contributed by atoms with Crippen molar-refractivity contribution in [2.75, 3.05) is 11.9 Å². The highest BCUT2D eigenvalue weighted by Gasteiger charge is 2.24. The van der Waals surface area contributed by atoms with E-state index in [2.05, 4.69) is 26.2 Å². The maximum absolute atomic E-state index is 15.3. The van der Waals surface area contributed by atoms with Gasteiger partial charge in [-0.25, -0.2) is 9.37 Å². The Kier molecular flexibility index (Phi) is 4.05. The molecule has 0 saturated carbocycles. The number of hydrogen-bond acceptors (Lipinski definition) is 6. The molecule has 0 unspecified atom stereocenters. The summed E-state index contributed by atoms with van der Waals surface area (Å²) in [5, 5.41) is 16.2. The van der Waals surface area contributed by atoms with Crippen LogP contribution < -0.4 is 4.90 Å². The highest BCUT2D eigenvalue weighted by Crippen LogP contribution is 2.37. The molecule has 7 nitrogen and oxygen atoms in total. The van der Waals surface area contributed by atoms with E-state index in [1.165, 1.54) is 6.33 Å². The number of rotatable bonds is 4. The minimum atomic E-state index is -0.528. The topological polar surface area (TPSA) is 94.6 Å². The van der Waals surface area contributed by atoms with Crippen molar-refractivity contribution in [3.05, 3.63) is 59.4 Å². The molecule has 0 spiro atoms. The Morgan fingerprint density at radius 1 is 1.30 bits per heavy atom. The number of nitrogens with zero attached hydrogens (tertiary/aromatic N) is 5. The smallest absolute Gasteiger partial charge is 0.298 e. The molecule has 8 heteroatoms. The molecule has 0 bridgehead atoms. The second-order valence-electron chi connectivity index (χ2n) is 6.13. The Morgan fingerprint density at radius 2 is 2.07 bits per heavy atom. The molecule has 4 rings (SSSR count). The lowest BCUT2D eigenvalue weighted by atomic mass is 9.95. The van der Waals surface area contributed by atoms with Crippen LogP contribution in [0, 0.1) is 24.1 Å². The molecule has 4 aromatic rings. The lowest BCUT2D eigenvalue weighted by molar-refractivity contribution is 0.544. The van der Waals surface area contributed by atoms with Gasteiger partial charge in [0.25, 0.3) is 6.01 Å². The summed E-state index contributed by atoms with van der Waals surface area (Å²) < 4.78 is 21.0. The minimum absolute atomic E-state index is 0.0320. The van der Waals surface area contributed by atoms with E-state index in [0.717, 1.165) is 0 Å². The predicted octanol–water partition coefficient (Wildman–Crippen LogP) is 3.57. The van der Waals surface area contributed by atoms with Crippen molar-refractivity contribution in [3.8, 4) is 17.2 Å². The van der Waals surface area contributed by atoms with Crippen molar-refractivity contribution in [3.63, 3.8) is 0 Å². The van der Waals surface area contributed by atoms with Crippen molar-refractivity contribution >= 4 is 17.1 Å². The molecule has 0 aliphatic rings. The van der Waals surface area contributed by atoms with Crippen molar-refractivity contribution in [2.24, 2.45) is 0 Å². The van der Waals surface area contributed by atoms with Gasteiger partial charge in [-0.1, -0.05) is 30.3 Å². The largest absolute Gasteiger partial charge is 0.420 e. The van der Waals surface area contributed by atoms with E-state index < -0.39 is 5.82 Å². The fourth-order valence-electron chi connectivity index (χ4n) is 3.06. The normalized spacial score (nSPS) is 10.9. The number of H-pyrrole nitrogens is 1. The average Bonchev–Trinajstić information content (AvgIpc) is 3.33. The second kappa shape index (κ2) is 6.53. The average molecular weight is 362 g/mol. The number of fused-ring (bicyclic) bond motifs is 1. The van der Waals surface area contributed by atoms with Gasteiger partial charge in [-0.3, -0.25) is 5.10 Å². The third-order valence-electron chi connectivity index (χ3n) is 4.37. The van der Waals surface area contributed by atoms with E-state index in [4.69, 9.17) is 4.42 Å². The van der Waals surface area contributed by atoms with E-state index >= 15 is 4.39 Å². The van der Waals surface area contributed by atoms with Crippen LogP contribution in [0.1, 0.15) is 17.0 Å². The van der Waals surface area contributed by atoms with Crippen LogP contribution in [0.2, 0.25) is 0 Å². The summed E-state index contributed by atoms with van der Waals surface area (Å²) in [6.45, 7) is 2.07. The predicted molar refractivity (Wildman–Crippen MR) is 97.3 cm³/mol. The molecule has 0 aliphatic heterocycles. The SMILES string of the molecule is Cc1c(-c2ccccc2)c(F)c2oc(N(C)Cc3ncn[nH]3)nc2c1C#N. The number of halogens is 1. The highest BCUT2D eigenvalue weighted by atomic mass is 19.1. The van der Waals surface area contributed by atoms with Crippen LogP contribution >= 0.6 is 0 Å². The Hall–Kier alpha value is -3.73. The first-order chi connectivity index (χ1) is 13.1. The molecule has 2 aromatic heterocycles. The molecule has 2 heterocycles. The lowest BCUT2D eigenvalue weighted by Gasteiger charge is -2.11. The molecule has 0 fully saturated rings. The molecule has 0 aliphatic carbocycles. The zero-order chi connectivity index (χ0) is 19.0. The Morgan fingerprint density at radius 3 is 2.74 bits per heavy atom. The molecule has 27 heavy (non-hydrogen) atoms. The van der Waals surface area contributed by atoms with Crippen LogP contribution in [0.4, 0.5) is 10.4 Å². The first-order valence-corrected chi connectivity index (χ1v) is 8.23. The quantitative estimate of drug-likeness (QED) is 0.596. The van der Waals surface area contributed by atoms with Crippen LogP contribution in [0.5, 0.6) is 0 Å². The summed E-state index contributed by atoms with van der Waals surface area (Å²) in [5.74, 6) is 0.0846. The number of anilines is 1. The number of oxazole rings is 1. The Labute approximate surface area is 154 Å². The maximum atomic E-state index is 15.3. The summed E-state index contributed by atoms with van der Waals surface area (Å²) >= 11 is 0. The van der Waals surface area contributed by atoms with Gasteiger partial charge in [-0.2, -0.15) is 15.3 Å². The van der Waals surface area contributed by atoms with E-state index in [-0.39, 0.29) is 17.1 Å². The fourth-order valence-corrected chi connectivity index (χ4v) is 3.06. The van der Waals surface area contributed by atoms with Crippen molar-refractivity contribution < 1.29 is 8.81 Å². The van der Waals surface area contributed by atoms with E-state index in [1.54, 1.807) is 31.0 Å². The van der Waals surface area contributed by atoms with Gasteiger partial charge in [0.2, 0.25) is 0 Å². The van der Waals surface area contributed by atoms with Gasteiger partial charge in [0.1, 0.15) is 23.7 Å². The molecular formula is C19H15FN6O. The molecule has 0 radical (unpaired) electrons. The van der Waals surface area contributed by atoms with Gasteiger partial charge < -0.3 is 9.32 Å². The van der Waals surface area contributed by atoms with Gasteiger partial charge in [0, 0.05) is 12.6 Å². The van der Waals surface area contributed by atoms with Gasteiger partial charge in [-0.15, -0.1) is 0 Å². The number of nitrogens with one attached hydrogen (secondary N) is 1. The highest BCUT2D eigenvalue weighted by molar-refractivity contribution is 5.90. The molecule has 0 saturated heterocycles. The molecule has 134 valence electrons. The van der Waals surface area contributed by atoms with E-state index in [1.807, 2.05) is 18.2 Å². The van der Waals surface area contributed by atoms with Crippen LogP contribution in [-0.4, -0.2) is 27.2 Å². The maximum Gasteiger partial charge on any atom is 0.298 e. The van der Waals surface area contributed by atoms with Crippen molar-refractivity contribution in [1.82, 2.24) is 20.2 Å². The fraction of sp³-hybridized carbons (Fsp3) is 0.158. The van der Waals surface area contributed by atoms with Crippen LogP contribution in [0.3, 0.4) is 0 Å². The standard InChI is InChI=1S/C19H15FN6O/c1-11-13(8-21)17-18(16(20)15(11)12-6-4-3-5-7-12)27-19(24-17)26(2)9-14-22-10-23-25-14/h3-7,10H,9H2,1-2H3,(H,22,23,25). The summed E-state index contributed by atoms with van der Waals surface area (Å²) in [6, 6.07) is 11.4. The van der Waals surface area contributed by atoms with Crippen molar-refractivity contribution in [2.45, 2.75) is 13.5 Å². The third kappa shape index (κ3) is 2.79. The summed E-state index contributed by atoms with van der Waals surface area (Å²) in [5.41, 5.74) is 2.04. The lowest BCUT2D eigenvalue weighted by Crippen LogP contribution is -2.17. The molecule has 1 N–H and O–H groups in total. The van der Waals surface area contributed by atoms with Gasteiger partial charge in [-0.05, 0) is 18.1 Å². The minimum Gasteiger partial charge on any atom is -0.420 e. The van der Waals surface area contributed by atoms with Gasteiger partial charge in [0.05, 0.1) is 12.1 Å². The molecular weight excluding hydrogens is 347 g/mol.